The van der Waals surface area contributed by atoms with E-state index in [-0.39, 0.29) is 11.6 Å². The van der Waals surface area contributed by atoms with Gasteiger partial charge in [0.25, 0.3) is 0 Å². The zero-order valence-corrected chi connectivity index (χ0v) is 11.4. The van der Waals surface area contributed by atoms with Gasteiger partial charge in [0, 0.05) is 12.0 Å². The highest BCUT2D eigenvalue weighted by atomic mass is 19.1. The topological polar surface area (TPSA) is 26.3 Å². The number of hydrogen-bond donors (Lipinski definition) is 0. The minimum atomic E-state index is -0.239. The van der Waals surface area contributed by atoms with Crippen LogP contribution in [0.4, 0.5) is 4.39 Å². The molecule has 0 amide bonds. The fourth-order valence-electron chi connectivity index (χ4n) is 1.90. The van der Waals surface area contributed by atoms with Crippen molar-refractivity contribution in [1.29, 1.82) is 0 Å². The molecular weight excluding hydrogens is 255 g/mol. The number of halogens is 1. The van der Waals surface area contributed by atoms with Gasteiger partial charge in [-0.2, -0.15) is 0 Å². The number of rotatable bonds is 6. The first kappa shape index (κ1) is 14.3. The summed E-state index contributed by atoms with van der Waals surface area (Å²) in [5.74, 6) is 0.511. The van der Waals surface area contributed by atoms with Crippen LogP contribution in [0.15, 0.2) is 48.5 Å². The molecule has 0 atom stereocenters. The highest BCUT2D eigenvalue weighted by Crippen LogP contribution is 2.16. The van der Waals surface area contributed by atoms with Crippen LogP contribution < -0.4 is 4.74 Å². The lowest BCUT2D eigenvalue weighted by Crippen LogP contribution is -2.04. The number of carbonyl (C=O) groups is 1. The number of hydrogen-bond acceptors (Lipinski definition) is 2. The van der Waals surface area contributed by atoms with Gasteiger partial charge in [-0.15, -0.1) is 0 Å². The van der Waals surface area contributed by atoms with E-state index in [1.807, 2.05) is 30.3 Å². The van der Waals surface area contributed by atoms with E-state index in [1.54, 1.807) is 19.1 Å². The van der Waals surface area contributed by atoms with Gasteiger partial charge in [0.05, 0.1) is 6.61 Å². The van der Waals surface area contributed by atoms with Crippen LogP contribution >= 0.6 is 0 Å². The highest BCUT2D eigenvalue weighted by molar-refractivity contribution is 5.95. The molecule has 2 aromatic rings. The van der Waals surface area contributed by atoms with Crippen LogP contribution in [-0.2, 0) is 0 Å². The van der Waals surface area contributed by atoms with Gasteiger partial charge in [-0.25, -0.2) is 4.39 Å². The summed E-state index contributed by atoms with van der Waals surface area (Å²) in [5.41, 5.74) is 1.29. The van der Waals surface area contributed by atoms with Crippen molar-refractivity contribution < 1.29 is 13.9 Å². The molecule has 2 rings (SSSR count). The molecule has 104 valence electrons. The first-order valence-corrected chi connectivity index (χ1v) is 6.64. The molecule has 0 aliphatic carbocycles. The van der Waals surface area contributed by atoms with Crippen LogP contribution in [0.3, 0.4) is 0 Å². The van der Waals surface area contributed by atoms with Gasteiger partial charge in [-0.05, 0) is 37.1 Å². The molecule has 20 heavy (non-hydrogen) atoms. The molecular formula is C17H17FO2. The Hall–Kier alpha value is -2.16. The summed E-state index contributed by atoms with van der Waals surface area (Å²) in [6.07, 6.45) is 1.09. The lowest BCUT2D eigenvalue weighted by Gasteiger charge is -2.07. The molecule has 0 unspecified atom stereocenters. The number of carbonyl (C=O) groups excluding carboxylic acids is 1. The monoisotopic (exact) mass is 272 g/mol. The largest absolute Gasteiger partial charge is 0.494 e. The number of aryl methyl sites for hydroxylation is 1. The van der Waals surface area contributed by atoms with Crippen molar-refractivity contribution >= 4 is 5.78 Å². The maximum absolute atomic E-state index is 13.1. The Kier molecular flexibility index (Phi) is 4.88. The van der Waals surface area contributed by atoms with Crippen LogP contribution in [0.5, 0.6) is 5.75 Å². The first-order chi connectivity index (χ1) is 9.66. The molecule has 0 heterocycles. The fourth-order valence-corrected chi connectivity index (χ4v) is 1.90. The van der Waals surface area contributed by atoms with E-state index in [1.165, 1.54) is 6.07 Å². The lowest BCUT2D eigenvalue weighted by atomic mass is 10.1. The van der Waals surface area contributed by atoms with Crippen molar-refractivity contribution in [2.45, 2.75) is 19.8 Å². The molecule has 2 nitrogen and oxygen atoms in total. The molecule has 2 aromatic carbocycles. The average Bonchev–Trinajstić information content (AvgIpc) is 2.48. The zero-order valence-electron chi connectivity index (χ0n) is 11.4. The van der Waals surface area contributed by atoms with Gasteiger partial charge in [0.1, 0.15) is 11.6 Å². The summed E-state index contributed by atoms with van der Waals surface area (Å²) in [6.45, 7) is 2.14. The summed E-state index contributed by atoms with van der Waals surface area (Å²) in [4.78, 5) is 11.8. The Morgan fingerprint density at radius 1 is 1.15 bits per heavy atom. The third kappa shape index (κ3) is 3.92. The number of ether oxygens (including phenoxy) is 1. The SMILES string of the molecule is Cc1cc(OCCCC(=O)c2ccccc2)ccc1F. The van der Waals surface area contributed by atoms with Gasteiger partial charge in [0.2, 0.25) is 0 Å². The summed E-state index contributed by atoms with van der Waals surface area (Å²) in [5, 5.41) is 0. The van der Waals surface area contributed by atoms with Gasteiger partial charge >= 0.3 is 0 Å². The van der Waals surface area contributed by atoms with Gasteiger partial charge in [0.15, 0.2) is 5.78 Å². The quantitative estimate of drug-likeness (QED) is 0.582. The smallest absolute Gasteiger partial charge is 0.163 e. The highest BCUT2D eigenvalue weighted by Gasteiger charge is 2.05. The summed E-state index contributed by atoms with van der Waals surface area (Å²) in [7, 11) is 0. The van der Waals surface area contributed by atoms with Crippen LogP contribution in [0, 0.1) is 12.7 Å². The van der Waals surface area contributed by atoms with E-state index >= 15 is 0 Å². The van der Waals surface area contributed by atoms with Crippen LogP contribution in [0.2, 0.25) is 0 Å². The summed E-state index contributed by atoms with van der Waals surface area (Å²) in [6, 6.07) is 13.9. The van der Waals surface area contributed by atoms with Crippen molar-refractivity contribution in [2.75, 3.05) is 6.61 Å². The molecule has 0 aliphatic heterocycles. The van der Waals surface area contributed by atoms with Crippen molar-refractivity contribution in [3.8, 4) is 5.75 Å². The van der Waals surface area contributed by atoms with Crippen molar-refractivity contribution in [3.05, 3.63) is 65.5 Å². The molecule has 0 spiro atoms. The fraction of sp³-hybridized carbons (Fsp3) is 0.235. The standard InChI is InChI=1S/C17H17FO2/c1-13-12-15(9-10-16(13)18)20-11-5-8-17(19)14-6-3-2-4-7-14/h2-4,6-7,9-10,12H,5,8,11H2,1H3. The van der Waals surface area contributed by atoms with E-state index in [0.29, 0.717) is 30.8 Å². The maximum atomic E-state index is 13.1. The maximum Gasteiger partial charge on any atom is 0.163 e. The lowest BCUT2D eigenvalue weighted by molar-refractivity contribution is 0.0973. The predicted octanol–water partition coefficient (Wildman–Crippen LogP) is 4.18. The Balaban J connectivity index is 1.76. The van der Waals surface area contributed by atoms with Gasteiger partial charge in [-0.1, -0.05) is 30.3 Å². The second-order valence-corrected chi connectivity index (χ2v) is 4.65. The Morgan fingerprint density at radius 2 is 1.90 bits per heavy atom. The van der Waals surface area contributed by atoms with E-state index in [4.69, 9.17) is 4.74 Å². The number of benzene rings is 2. The molecule has 0 aliphatic rings. The molecule has 0 saturated heterocycles. The van der Waals surface area contributed by atoms with Crippen LogP contribution in [0.1, 0.15) is 28.8 Å². The minimum Gasteiger partial charge on any atom is -0.494 e. The second-order valence-electron chi connectivity index (χ2n) is 4.65. The van der Waals surface area contributed by atoms with E-state index in [2.05, 4.69) is 0 Å². The third-order valence-corrected chi connectivity index (χ3v) is 3.04. The molecule has 0 N–H and O–H groups in total. The number of ketones is 1. The van der Waals surface area contributed by atoms with Gasteiger partial charge in [-0.3, -0.25) is 4.79 Å². The third-order valence-electron chi connectivity index (χ3n) is 3.04. The molecule has 0 saturated carbocycles. The summed E-state index contributed by atoms with van der Waals surface area (Å²) < 4.78 is 18.6. The summed E-state index contributed by atoms with van der Waals surface area (Å²) >= 11 is 0. The second kappa shape index (κ2) is 6.85. The Bertz CT molecular complexity index is 579. The molecule has 0 radical (unpaired) electrons. The Labute approximate surface area is 118 Å². The van der Waals surface area contributed by atoms with Crippen molar-refractivity contribution in [3.63, 3.8) is 0 Å². The average molecular weight is 272 g/mol. The first-order valence-electron chi connectivity index (χ1n) is 6.64. The van der Waals surface area contributed by atoms with Crippen molar-refractivity contribution in [1.82, 2.24) is 0 Å². The molecule has 3 heteroatoms. The van der Waals surface area contributed by atoms with E-state index in [9.17, 15) is 9.18 Å². The molecule has 0 bridgehead atoms. The predicted molar refractivity (Wildman–Crippen MR) is 76.6 cm³/mol. The number of Topliss-reactive ketones (excluding diaryl/α,β-unsaturated/α-hetero) is 1. The molecule has 0 fully saturated rings. The van der Waals surface area contributed by atoms with Crippen molar-refractivity contribution in [2.24, 2.45) is 0 Å². The van der Waals surface area contributed by atoms with E-state index < -0.39 is 0 Å². The van der Waals surface area contributed by atoms with Crippen LogP contribution in [-0.4, -0.2) is 12.4 Å². The molecule has 0 aromatic heterocycles. The normalized spacial score (nSPS) is 10.3. The van der Waals surface area contributed by atoms with Gasteiger partial charge < -0.3 is 4.74 Å². The Morgan fingerprint density at radius 3 is 2.60 bits per heavy atom. The zero-order chi connectivity index (χ0) is 14.4. The minimum absolute atomic E-state index is 0.115. The van der Waals surface area contributed by atoms with E-state index in [0.717, 1.165) is 5.56 Å². The van der Waals surface area contributed by atoms with Crippen LogP contribution in [0.25, 0.3) is 0 Å².